The van der Waals surface area contributed by atoms with E-state index >= 15 is 0 Å². The van der Waals surface area contributed by atoms with Gasteiger partial charge in [-0.3, -0.25) is 0 Å². The van der Waals surface area contributed by atoms with Gasteiger partial charge in [-0.2, -0.15) is 0 Å². The van der Waals surface area contributed by atoms with Gasteiger partial charge in [0.15, 0.2) is 0 Å². The van der Waals surface area contributed by atoms with Gasteiger partial charge >= 0.3 is 0 Å². The molecule has 0 radical (unpaired) electrons. The molecule has 11 rings (SSSR count). The minimum Gasteiger partial charge on any atom is -0.0622 e. The highest BCUT2D eigenvalue weighted by atomic mass is 14.3. The van der Waals surface area contributed by atoms with Gasteiger partial charge in [-0.15, -0.1) is 0 Å². The zero-order chi connectivity index (χ0) is 38.7. The monoisotopic (exact) mass is 730 g/mol. The molecule has 0 aliphatic carbocycles. The van der Waals surface area contributed by atoms with Gasteiger partial charge in [0, 0.05) is 0 Å². The highest BCUT2D eigenvalue weighted by molar-refractivity contribution is 6.44. The van der Waals surface area contributed by atoms with E-state index in [2.05, 4.69) is 193 Å². The van der Waals surface area contributed by atoms with Crippen LogP contribution in [0.25, 0.3) is 109 Å². The molecule has 57 heavy (non-hydrogen) atoms. The molecule has 0 saturated heterocycles. The molecule has 0 saturated carbocycles. The first-order valence-electron chi connectivity index (χ1n) is 20.9. The second-order valence-corrected chi connectivity index (χ2v) is 17.3. The van der Waals surface area contributed by atoms with Crippen molar-refractivity contribution in [3.05, 3.63) is 168 Å². The Morgan fingerprint density at radius 2 is 0.825 bits per heavy atom. The van der Waals surface area contributed by atoms with Crippen LogP contribution in [0.4, 0.5) is 0 Å². The molecule has 0 aliphatic rings. The van der Waals surface area contributed by atoms with Gasteiger partial charge in [-0.1, -0.05) is 181 Å². The Balaban J connectivity index is 1.34. The summed E-state index contributed by atoms with van der Waals surface area (Å²) in [5.74, 6) is 1.32. The molecule has 0 atom stereocenters. The van der Waals surface area contributed by atoms with Crippen molar-refractivity contribution in [1.82, 2.24) is 0 Å². The lowest BCUT2D eigenvalue weighted by Gasteiger charge is -2.23. The van der Waals surface area contributed by atoms with Gasteiger partial charge in [0.25, 0.3) is 0 Å². The van der Waals surface area contributed by atoms with E-state index in [9.17, 15) is 0 Å². The summed E-state index contributed by atoms with van der Waals surface area (Å²) in [6.07, 6.45) is 0. The SMILES string of the molecule is CC(C)c1cc(C(C)C)c(-c2ccc3c(c2)c2cccc4c5c(-c6ccccc6)c6c7cccc8cccc(c6c(-c6ccccc6)c5cc3c24)c87)c(C(C)C)c1. The molecule has 0 unspecified atom stereocenters. The summed E-state index contributed by atoms with van der Waals surface area (Å²) in [7, 11) is 0. The average Bonchev–Trinajstić information content (AvgIpc) is 3.74. The van der Waals surface area contributed by atoms with Crippen LogP contribution >= 0.6 is 0 Å². The third-order valence-corrected chi connectivity index (χ3v) is 13.0. The molecule has 274 valence electrons. The summed E-state index contributed by atoms with van der Waals surface area (Å²) in [5.41, 5.74) is 12.3. The van der Waals surface area contributed by atoms with Crippen LogP contribution in [0, 0.1) is 0 Å². The Morgan fingerprint density at radius 3 is 1.42 bits per heavy atom. The fourth-order valence-corrected chi connectivity index (χ4v) is 10.4. The van der Waals surface area contributed by atoms with Crippen LogP contribution in [0.5, 0.6) is 0 Å². The highest BCUT2D eigenvalue weighted by Crippen LogP contribution is 2.55. The average molecular weight is 731 g/mol. The van der Waals surface area contributed by atoms with E-state index in [4.69, 9.17) is 0 Å². The van der Waals surface area contributed by atoms with E-state index < -0.39 is 0 Å². The smallest absolute Gasteiger partial charge is 0.000719 e. The van der Waals surface area contributed by atoms with E-state index in [1.54, 1.807) is 0 Å². The maximum atomic E-state index is 2.56. The minimum atomic E-state index is 0.418. The van der Waals surface area contributed by atoms with Crippen molar-refractivity contribution in [1.29, 1.82) is 0 Å². The third kappa shape index (κ3) is 4.86. The van der Waals surface area contributed by atoms with Crippen molar-refractivity contribution >= 4 is 75.4 Å². The third-order valence-electron chi connectivity index (χ3n) is 13.0. The second kappa shape index (κ2) is 12.6. The van der Waals surface area contributed by atoms with E-state index in [1.807, 2.05) is 0 Å². The number of rotatable bonds is 6. The van der Waals surface area contributed by atoms with E-state index in [0.29, 0.717) is 17.8 Å². The lowest BCUT2D eigenvalue weighted by molar-refractivity contribution is 0.807. The largest absolute Gasteiger partial charge is 0.0622 e. The molecule has 0 fully saturated rings. The Morgan fingerprint density at radius 1 is 0.281 bits per heavy atom. The van der Waals surface area contributed by atoms with Crippen LogP contribution in [-0.2, 0) is 0 Å². The number of hydrogen-bond donors (Lipinski definition) is 0. The van der Waals surface area contributed by atoms with Crippen molar-refractivity contribution in [3.8, 4) is 33.4 Å². The normalized spacial score (nSPS) is 12.5. The molecule has 0 N–H and O–H groups in total. The van der Waals surface area contributed by atoms with Gasteiger partial charge < -0.3 is 0 Å². The van der Waals surface area contributed by atoms with Crippen molar-refractivity contribution in [2.75, 3.05) is 0 Å². The van der Waals surface area contributed by atoms with Gasteiger partial charge in [0.1, 0.15) is 0 Å². The van der Waals surface area contributed by atoms with Gasteiger partial charge in [0.05, 0.1) is 0 Å². The minimum absolute atomic E-state index is 0.418. The topological polar surface area (TPSA) is 0 Å². The molecule has 0 aliphatic heterocycles. The fourth-order valence-electron chi connectivity index (χ4n) is 10.4. The van der Waals surface area contributed by atoms with Crippen molar-refractivity contribution < 1.29 is 0 Å². The van der Waals surface area contributed by atoms with E-state index in [1.165, 1.54) is 125 Å². The second-order valence-electron chi connectivity index (χ2n) is 17.3. The van der Waals surface area contributed by atoms with Gasteiger partial charge in [-0.05, 0) is 155 Å². The quantitative estimate of drug-likeness (QED) is 0.149. The predicted octanol–water partition coefficient (Wildman–Crippen LogP) is 17.0. The number of hydrogen-bond acceptors (Lipinski definition) is 0. The molecule has 0 bridgehead atoms. The van der Waals surface area contributed by atoms with E-state index in [0.717, 1.165) is 0 Å². The lowest BCUT2D eigenvalue weighted by Crippen LogP contribution is -2.03. The number of fused-ring (bicyclic) bond motifs is 8. The molecule has 11 aromatic carbocycles. The maximum absolute atomic E-state index is 2.56. The van der Waals surface area contributed by atoms with Crippen LogP contribution < -0.4 is 0 Å². The number of benzene rings is 9. The van der Waals surface area contributed by atoms with Crippen LogP contribution in [-0.4, -0.2) is 0 Å². The van der Waals surface area contributed by atoms with Crippen LogP contribution in [0.2, 0.25) is 0 Å². The van der Waals surface area contributed by atoms with Gasteiger partial charge in [0.2, 0.25) is 0 Å². The molecular formula is C57H46. The predicted molar refractivity (Wildman–Crippen MR) is 250 cm³/mol. The van der Waals surface area contributed by atoms with Crippen molar-refractivity contribution in [2.45, 2.75) is 59.3 Å². The zero-order valence-corrected chi connectivity index (χ0v) is 33.7. The summed E-state index contributed by atoms with van der Waals surface area (Å²) in [4.78, 5) is 0. The zero-order valence-electron chi connectivity index (χ0n) is 33.7. The molecule has 11 aromatic rings. The van der Waals surface area contributed by atoms with Crippen LogP contribution in [0.15, 0.2) is 152 Å². The fraction of sp³-hybridized carbons (Fsp3) is 0.158. The van der Waals surface area contributed by atoms with Crippen LogP contribution in [0.1, 0.15) is 76.0 Å². The summed E-state index contributed by atoms with van der Waals surface area (Å²) >= 11 is 0. The van der Waals surface area contributed by atoms with Crippen LogP contribution in [0.3, 0.4) is 0 Å². The molecular weight excluding hydrogens is 685 g/mol. The van der Waals surface area contributed by atoms with Crippen molar-refractivity contribution in [3.63, 3.8) is 0 Å². The molecule has 0 aromatic heterocycles. The lowest BCUT2D eigenvalue weighted by atomic mass is 9.81. The summed E-state index contributed by atoms with van der Waals surface area (Å²) in [6, 6.07) is 58.0. The first-order valence-corrected chi connectivity index (χ1v) is 20.9. The Bertz CT molecular complexity index is 3310. The summed E-state index contributed by atoms with van der Waals surface area (Å²) in [5, 5.41) is 18.7. The molecule has 0 heterocycles. The molecule has 0 spiro atoms. The van der Waals surface area contributed by atoms with E-state index in [-0.39, 0.29) is 0 Å². The summed E-state index contributed by atoms with van der Waals surface area (Å²) in [6.45, 7) is 14.1. The Hall–Kier alpha value is -6.24. The van der Waals surface area contributed by atoms with Crippen molar-refractivity contribution in [2.24, 2.45) is 0 Å². The summed E-state index contributed by atoms with van der Waals surface area (Å²) < 4.78 is 0. The first-order chi connectivity index (χ1) is 27.8. The Kier molecular flexibility index (Phi) is 7.55. The molecule has 0 amide bonds. The first kappa shape index (κ1) is 34.0. The maximum Gasteiger partial charge on any atom is -0.000719 e. The Labute approximate surface area is 335 Å². The molecule has 0 nitrogen and oxygen atoms in total. The van der Waals surface area contributed by atoms with Gasteiger partial charge in [-0.25, -0.2) is 0 Å². The molecule has 0 heteroatoms. The highest BCUT2D eigenvalue weighted by Gasteiger charge is 2.27. The standard InChI is InChI=1S/C57H46/c1-32(2)39-29-45(33(3)4)51(46(30-39)34(5)6)38-26-27-40-47(28-38)41-22-15-25-44-54(41)48(40)31-49-52(36-16-9-7-10-17-36)56-42-23-13-20-35-21-14-24-43(50(35)42)57(56)53(55(44)49)37-18-11-8-12-19-37/h7-34H,1-6H3.